The van der Waals surface area contributed by atoms with Gasteiger partial charge in [0.15, 0.2) is 0 Å². The summed E-state index contributed by atoms with van der Waals surface area (Å²) in [7, 11) is 0. The smallest absolute Gasteiger partial charge is 0.206 e. The molecule has 0 amide bonds. The van der Waals surface area contributed by atoms with Gasteiger partial charge in [-0.05, 0) is 79.9 Å². The van der Waals surface area contributed by atoms with Gasteiger partial charge in [-0.1, -0.05) is 38.7 Å². The lowest BCUT2D eigenvalue weighted by Gasteiger charge is -2.38. The zero-order valence-electron chi connectivity index (χ0n) is 15.6. The normalized spacial score (nSPS) is 30.3. The quantitative estimate of drug-likeness (QED) is 0.476. The predicted molar refractivity (Wildman–Crippen MR) is 96.5 cm³/mol. The molecule has 0 aromatic heterocycles. The second kappa shape index (κ2) is 8.31. The van der Waals surface area contributed by atoms with Gasteiger partial charge in [-0.3, -0.25) is 0 Å². The lowest BCUT2D eigenvalue weighted by Crippen LogP contribution is -2.25. The van der Waals surface area contributed by atoms with E-state index in [0.717, 1.165) is 55.6 Å². The Morgan fingerprint density at radius 3 is 2.00 bits per heavy atom. The highest BCUT2D eigenvalue weighted by atomic mass is 19.4. The second-order valence-electron chi connectivity index (χ2n) is 8.42. The molecule has 0 radical (unpaired) electrons. The minimum Gasteiger partial charge on any atom is -0.206 e. The monoisotopic (exact) mass is 370 g/mol. The molecular formula is C22H30F4. The molecular weight excluding hydrogens is 340 g/mol. The van der Waals surface area contributed by atoms with E-state index >= 15 is 0 Å². The van der Waals surface area contributed by atoms with Crippen LogP contribution in [0.4, 0.5) is 17.6 Å². The minimum absolute atomic E-state index is 0.143. The van der Waals surface area contributed by atoms with E-state index in [-0.39, 0.29) is 5.92 Å². The van der Waals surface area contributed by atoms with Crippen molar-refractivity contribution >= 4 is 0 Å². The zero-order chi connectivity index (χ0) is 18.7. The molecule has 4 heteroatoms. The molecule has 26 heavy (non-hydrogen) atoms. The van der Waals surface area contributed by atoms with Crippen LogP contribution in [0.25, 0.3) is 0 Å². The first kappa shape index (κ1) is 19.7. The minimum atomic E-state index is -4.62. The third-order valence-electron chi connectivity index (χ3n) is 6.79. The molecule has 0 heterocycles. The van der Waals surface area contributed by atoms with Crippen LogP contribution < -0.4 is 0 Å². The van der Waals surface area contributed by atoms with Crippen molar-refractivity contribution < 1.29 is 17.6 Å². The van der Waals surface area contributed by atoms with Gasteiger partial charge in [-0.15, -0.1) is 0 Å². The van der Waals surface area contributed by atoms with Crippen molar-refractivity contribution in [3.8, 4) is 0 Å². The van der Waals surface area contributed by atoms with Crippen LogP contribution in [0.5, 0.6) is 0 Å². The van der Waals surface area contributed by atoms with Gasteiger partial charge in [0, 0.05) is 0 Å². The molecule has 2 fully saturated rings. The van der Waals surface area contributed by atoms with Gasteiger partial charge in [0.25, 0.3) is 0 Å². The van der Waals surface area contributed by atoms with E-state index in [2.05, 4.69) is 6.92 Å². The van der Waals surface area contributed by atoms with Gasteiger partial charge >= 0.3 is 6.18 Å². The summed E-state index contributed by atoms with van der Waals surface area (Å²) in [5.41, 5.74) is -0.463. The lowest BCUT2D eigenvalue weighted by molar-refractivity contribution is -0.140. The van der Waals surface area contributed by atoms with Crippen molar-refractivity contribution in [2.24, 2.45) is 17.8 Å². The summed E-state index contributed by atoms with van der Waals surface area (Å²) in [5, 5.41) is 0. The summed E-state index contributed by atoms with van der Waals surface area (Å²) in [4.78, 5) is 0. The maximum Gasteiger partial charge on any atom is 0.419 e. The van der Waals surface area contributed by atoms with Gasteiger partial charge in [-0.25, -0.2) is 4.39 Å². The number of hydrogen-bond donors (Lipinski definition) is 0. The first-order chi connectivity index (χ1) is 12.4. The highest BCUT2D eigenvalue weighted by Crippen LogP contribution is 2.45. The molecule has 3 rings (SSSR count). The van der Waals surface area contributed by atoms with Crippen LogP contribution in [0, 0.1) is 23.6 Å². The van der Waals surface area contributed by atoms with Crippen molar-refractivity contribution in [2.75, 3.05) is 0 Å². The van der Waals surface area contributed by atoms with E-state index in [1.807, 2.05) is 0 Å². The molecule has 0 atom stereocenters. The molecule has 1 aromatic rings. The zero-order valence-corrected chi connectivity index (χ0v) is 15.6. The Hall–Kier alpha value is -1.06. The molecule has 0 saturated heterocycles. The molecule has 146 valence electrons. The van der Waals surface area contributed by atoms with Crippen LogP contribution in [0.2, 0.25) is 0 Å². The summed E-state index contributed by atoms with van der Waals surface area (Å²) >= 11 is 0. The van der Waals surface area contributed by atoms with E-state index in [4.69, 9.17) is 0 Å². The van der Waals surface area contributed by atoms with E-state index in [9.17, 15) is 17.6 Å². The van der Waals surface area contributed by atoms with E-state index in [1.165, 1.54) is 38.5 Å². The van der Waals surface area contributed by atoms with Gasteiger partial charge in [-0.2, -0.15) is 13.2 Å². The number of hydrogen-bond acceptors (Lipinski definition) is 0. The third kappa shape index (κ3) is 4.61. The summed E-state index contributed by atoms with van der Waals surface area (Å²) in [5.74, 6) is 1.43. The average Bonchev–Trinajstić information content (AvgIpc) is 2.62. The standard InChI is InChI=1S/C22H30F4/c1-2-3-15-4-6-16(7-5-15)17-8-10-18(11-9-17)19-12-13-21(23)20(14-19)22(24,25)26/h12-18H,2-11H2,1H3. The SMILES string of the molecule is CCCC1CCC(C2CCC(c3ccc(F)c(C(F)(F)F)c3)CC2)CC1. The fourth-order valence-electron chi connectivity index (χ4n) is 5.29. The molecule has 0 bridgehead atoms. The van der Waals surface area contributed by atoms with Crippen LogP contribution >= 0.6 is 0 Å². The van der Waals surface area contributed by atoms with Crippen molar-refractivity contribution in [3.63, 3.8) is 0 Å². The van der Waals surface area contributed by atoms with Gasteiger partial charge < -0.3 is 0 Å². The van der Waals surface area contributed by atoms with Gasteiger partial charge in [0.2, 0.25) is 0 Å². The average molecular weight is 370 g/mol. The van der Waals surface area contributed by atoms with Crippen LogP contribution in [-0.4, -0.2) is 0 Å². The summed E-state index contributed by atoms with van der Waals surface area (Å²) in [6, 6.07) is 3.57. The van der Waals surface area contributed by atoms with Crippen LogP contribution in [0.15, 0.2) is 18.2 Å². The molecule has 0 unspecified atom stereocenters. The van der Waals surface area contributed by atoms with Crippen molar-refractivity contribution in [2.45, 2.75) is 83.2 Å². The molecule has 1 aromatic carbocycles. The maximum atomic E-state index is 13.5. The van der Waals surface area contributed by atoms with Crippen molar-refractivity contribution in [3.05, 3.63) is 35.1 Å². The number of rotatable bonds is 4. The topological polar surface area (TPSA) is 0 Å². The fourth-order valence-corrected chi connectivity index (χ4v) is 5.29. The first-order valence-corrected chi connectivity index (χ1v) is 10.2. The largest absolute Gasteiger partial charge is 0.419 e. The summed E-state index contributed by atoms with van der Waals surface area (Å²) < 4.78 is 52.3. The Morgan fingerprint density at radius 2 is 1.46 bits per heavy atom. The Morgan fingerprint density at radius 1 is 0.885 bits per heavy atom. The molecule has 2 saturated carbocycles. The molecule has 2 aliphatic rings. The lowest BCUT2D eigenvalue weighted by atomic mass is 9.68. The predicted octanol–water partition coefficient (Wildman–Crippen LogP) is 7.72. The second-order valence-corrected chi connectivity index (χ2v) is 8.42. The third-order valence-corrected chi connectivity index (χ3v) is 6.79. The molecule has 0 nitrogen and oxygen atoms in total. The highest BCUT2D eigenvalue weighted by molar-refractivity contribution is 5.30. The Balaban J connectivity index is 1.56. The van der Waals surface area contributed by atoms with Crippen LogP contribution in [-0.2, 0) is 6.18 Å². The number of halogens is 4. The van der Waals surface area contributed by atoms with Gasteiger partial charge in [0.1, 0.15) is 5.82 Å². The van der Waals surface area contributed by atoms with Crippen LogP contribution in [0.1, 0.15) is 88.2 Å². The maximum absolute atomic E-state index is 13.5. The van der Waals surface area contributed by atoms with E-state index in [0.29, 0.717) is 5.56 Å². The molecule has 2 aliphatic carbocycles. The molecule has 0 spiro atoms. The van der Waals surface area contributed by atoms with Crippen molar-refractivity contribution in [1.29, 1.82) is 0 Å². The molecule has 0 aliphatic heterocycles. The number of benzene rings is 1. The highest BCUT2D eigenvalue weighted by Gasteiger charge is 2.36. The molecule has 0 N–H and O–H groups in total. The van der Waals surface area contributed by atoms with Crippen molar-refractivity contribution in [1.82, 2.24) is 0 Å². The number of alkyl halides is 3. The van der Waals surface area contributed by atoms with E-state index < -0.39 is 17.6 Å². The summed E-state index contributed by atoms with van der Waals surface area (Å²) in [6.45, 7) is 2.26. The Kier molecular flexibility index (Phi) is 6.29. The Bertz CT molecular complexity index is 576. The van der Waals surface area contributed by atoms with Crippen LogP contribution in [0.3, 0.4) is 0 Å². The Labute approximate surface area is 154 Å². The first-order valence-electron chi connectivity index (χ1n) is 10.2. The summed E-state index contributed by atoms with van der Waals surface area (Å²) in [6.07, 6.45) is 7.45. The van der Waals surface area contributed by atoms with Gasteiger partial charge in [0.05, 0.1) is 5.56 Å². The van der Waals surface area contributed by atoms with E-state index in [1.54, 1.807) is 6.07 Å². The fraction of sp³-hybridized carbons (Fsp3) is 0.727.